The molecule has 0 aliphatic heterocycles. The first-order chi connectivity index (χ1) is 10.00. The summed E-state index contributed by atoms with van der Waals surface area (Å²) < 4.78 is 25.4. The molecule has 21 heavy (non-hydrogen) atoms. The summed E-state index contributed by atoms with van der Waals surface area (Å²) in [5.74, 6) is 0.895. The molecule has 5 heteroatoms. The first-order valence-corrected chi connectivity index (χ1v) is 9.29. The molecule has 1 aliphatic carbocycles. The Labute approximate surface area is 127 Å². The highest BCUT2D eigenvalue weighted by Crippen LogP contribution is 2.29. The van der Waals surface area contributed by atoms with Gasteiger partial charge in [-0.2, -0.15) is 0 Å². The van der Waals surface area contributed by atoms with Gasteiger partial charge in [0, 0.05) is 17.7 Å². The molecule has 0 saturated heterocycles. The van der Waals surface area contributed by atoms with E-state index in [9.17, 15) is 13.2 Å². The van der Waals surface area contributed by atoms with Crippen molar-refractivity contribution in [1.29, 1.82) is 0 Å². The number of nitrogens with one attached hydrogen (secondary N) is 1. The molecule has 0 radical (unpaired) electrons. The number of rotatable bonds is 7. The minimum absolute atomic E-state index is 0.0368. The van der Waals surface area contributed by atoms with Crippen molar-refractivity contribution in [2.75, 3.05) is 10.5 Å². The van der Waals surface area contributed by atoms with Gasteiger partial charge in [0.15, 0.2) is 5.78 Å². The quantitative estimate of drug-likeness (QED) is 0.783. The van der Waals surface area contributed by atoms with Crippen molar-refractivity contribution in [3.8, 4) is 0 Å². The number of benzene rings is 1. The Morgan fingerprint density at radius 1 is 1.19 bits per heavy atom. The summed E-state index contributed by atoms with van der Waals surface area (Å²) in [6.45, 7) is 1.59. The van der Waals surface area contributed by atoms with Gasteiger partial charge in [-0.1, -0.05) is 25.7 Å². The highest BCUT2D eigenvalue weighted by atomic mass is 32.2. The van der Waals surface area contributed by atoms with Crippen LogP contribution in [0.2, 0.25) is 0 Å². The number of Topliss-reactive ketones (excluding diaryl/α,β-unsaturated/α-hetero) is 1. The third-order valence-corrected chi connectivity index (χ3v) is 5.42. The fourth-order valence-corrected chi connectivity index (χ4v) is 3.39. The van der Waals surface area contributed by atoms with E-state index in [2.05, 4.69) is 4.72 Å². The third-order valence-electron chi connectivity index (χ3n) is 4.11. The largest absolute Gasteiger partial charge is 0.294 e. The first-order valence-electron chi connectivity index (χ1n) is 7.64. The van der Waals surface area contributed by atoms with Crippen LogP contribution in [0.4, 0.5) is 5.69 Å². The van der Waals surface area contributed by atoms with Gasteiger partial charge in [0.1, 0.15) is 0 Å². The molecule has 0 aromatic heterocycles. The second kappa shape index (κ2) is 7.07. The monoisotopic (exact) mass is 309 g/mol. The van der Waals surface area contributed by atoms with E-state index in [1.54, 1.807) is 31.2 Å². The Bertz CT molecular complexity index is 572. The molecule has 4 nitrogen and oxygen atoms in total. The van der Waals surface area contributed by atoms with Crippen molar-refractivity contribution < 1.29 is 13.2 Å². The number of hydrogen-bond donors (Lipinski definition) is 1. The third kappa shape index (κ3) is 4.84. The smallest absolute Gasteiger partial charge is 0.232 e. The highest BCUT2D eigenvalue weighted by Gasteiger charge is 2.16. The van der Waals surface area contributed by atoms with Gasteiger partial charge < -0.3 is 0 Å². The van der Waals surface area contributed by atoms with Gasteiger partial charge >= 0.3 is 0 Å². The van der Waals surface area contributed by atoms with Gasteiger partial charge in [-0.25, -0.2) is 8.42 Å². The summed E-state index contributed by atoms with van der Waals surface area (Å²) in [7, 11) is -3.26. The van der Waals surface area contributed by atoms with Gasteiger partial charge in [-0.05, 0) is 43.5 Å². The number of sulfonamides is 1. The lowest BCUT2D eigenvalue weighted by molar-refractivity contribution is 0.0974. The van der Waals surface area contributed by atoms with Crippen molar-refractivity contribution >= 4 is 21.5 Å². The van der Waals surface area contributed by atoms with Crippen molar-refractivity contribution in [2.24, 2.45) is 5.92 Å². The van der Waals surface area contributed by atoms with Crippen LogP contribution in [0, 0.1) is 5.92 Å². The maximum Gasteiger partial charge on any atom is 0.232 e. The summed E-state index contributed by atoms with van der Waals surface area (Å²) in [6, 6.07) is 6.70. The van der Waals surface area contributed by atoms with E-state index in [-0.39, 0.29) is 11.5 Å². The Balaban J connectivity index is 1.90. The molecule has 0 amide bonds. The fourth-order valence-electron chi connectivity index (χ4n) is 2.75. The number of hydrogen-bond acceptors (Lipinski definition) is 3. The van der Waals surface area contributed by atoms with E-state index in [1.807, 2.05) is 0 Å². The van der Waals surface area contributed by atoms with E-state index in [0.29, 0.717) is 23.6 Å². The molecule has 0 bridgehead atoms. The molecule has 1 aromatic carbocycles. The summed E-state index contributed by atoms with van der Waals surface area (Å²) in [5.41, 5.74) is 1.16. The molecular formula is C16H23NO3S. The summed E-state index contributed by atoms with van der Waals surface area (Å²) in [6.07, 6.45) is 6.67. The average molecular weight is 309 g/mol. The van der Waals surface area contributed by atoms with E-state index in [1.165, 1.54) is 25.7 Å². The maximum absolute atomic E-state index is 12.1. The molecule has 1 N–H and O–H groups in total. The van der Waals surface area contributed by atoms with Crippen molar-refractivity contribution in [3.05, 3.63) is 29.8 Å². The lowest BCUT2D eigenvalue weighted by Crippen LogP contribution is -2.14. The normalized spacial score (nSPS) is 16.0. The number of carbonyl (C=O) groups excluding carboxylic acids is 1. The molecule has 116 valence electrons. The molecule has 0 spiro atoms. The zero-order chi connectivity index (χ0) is 15.3. The van der Waals surface area contributed by atoms with Gasteiger partial charge in [0.05, 0.1) is 5.75 Å². The fraction of sp³-hybridized carbons (Fsp3) is 0.562. The molecule has 1 aromatic rings. The average Bonchev–Trinajstić information content (AvgIpc) is 2.98. The van der Waals surface area contributed by atoms with Crippen LogP contribution in [0.15, 0.2) is 24.3 Å². The Hall–Kier alpha value is -1.36. The van der Waals surface area contributed by atoms with Crippen LogP contribution >= 0.6 is 0 Å². The zero-order valence-electron chi connectivity index (χ0n) is 12.5. The van der Waals surface area contributed by atoms with E-state index < -0.39 is 10.0 Å². The first kappa shape index (κ1) is 16.0. The van der Waals surface area contributed by atoms with Crippen LogP contribution in [-0.4, -0.2) is 20.0 Å². The number of anilines is 1. The second-order valence-corrected chi connectivity index (χ2v) is 7.71. The van der Waals surface area contributed by atoms with Gasteiger partial charge in [0.2, 0.25) is 10.0 Å². The molecule has 1 aliphatic rings. The summed E-state index contributed by atoms with van der Waals surface area (Å²) in [5, 5.41) is 0. The summed E-state index contributed by atoms with van der Waals surface area (Å²) >= 11 is 0. The topological polar surface area (TPSA) is 63.2 Å². The molecule has 1 saturated carbocycles. The van der Waals surface area contributed by atoms with E-state index in [4.69, 9.17) is 0 Å². The minimum atomic E-state index is -3.26. The minimum Gasteiger partial charge on any atom is -0.294 e. The van der Waals surface area contributed by atoms with Gasteiger partial charge in [-0.15, -0.1) is 0 Å². The van der Waals surface area contributed by atoms with E-state index in [0.717, 1.165) is 6.42 Å². The number of ketones is 1. The predicted molar refractivity (Wildman–Crippen MR) is 85.0 cm³/mol. The Morgan fingerprint density at radius 2 is 1.81 bits per heavy atom. The molecular weight excluding hydrogens is 286 g/mol. The lowest BCUT2D eigenvalue weighted by Gasteiger charge is -2.09. The summed E-state index contributed by atoms with van der Waals surface area (Å²) in [4.78, 5) is 12.1. The predicted octanol–water partition coefficient (Wildman–Crippen LogP) is 3.60. The maximum atomic E-state index is 12.1. The highest BCUT2D eigenvalue weighted by molar-refractivity contribution is 7.92. The Kier molecular flexibility index (Phi) is 5.39. The second-order valence-electron chi connectivity index (χ2n) is 5.70. The Morgan fingerprint density at radius 3 is 2.38 bits per heavy atom. The van der Waals surface area contributed by atoms with Crippen LogP contribution < -0.4 is 4.72 Å². The lowest BCUT2D eigenvalue weighted by atomic mass is 9.97. The number of carbonyl (C=O) groups is 1. The van der Waals surface area contributed by atoms with Crippen molar-refractivity contribution in [1.82, 2.24) is 0 Å². The van der Waals surface area contributed by atoms with Crippen LogP contribution in [-0.2, 0) is 10.0 Å². The SMILES string of the molecule is CCS(=O)(=O)Nc1ccc(C(=O)CCC2CCCC2)cc1. The molecule has 1 fully saturated rings. The standard InChI is InChI=1S/C16H23NO3S/c1-2-21(19,20)17-15-10-8-14(9-11-15)16(18)12-7-13-5-3-4-6-13/h8-11,13,17H,2-7,12H2,1H3. The zero-order valence-corrected chi connectivity index (χ0v) is 13.3. The van der Waals surface area contributed by atoms with Crippen LogP contribution in [0.25, 0.3) is 0 Å². The molecule has 2 rings (SSSR count). The molecule has 0 atom stereocenters. The van der Waals surface area contributed by atoms with E-state index >= 15 is 0 Å². The van der Waals surface area contributed by atoms with Crippen LogP contribution in [0.5, 0.6) is 0 Å². The molecule has 0 heterocycles. The van der Waals surface area contributed by atoms with Gasteiger partial charge in [0.25, 0.3) is 0 Å². The van der Waals surface area contributed by atoms with Crippen LogP contribution in [0.1, 0.15) is 55.8 Å². The molecule has 0 unspecified atom stereocenters. The van der Waals surface area contributed by atoms with Crippen molar-refractivity contribution in [3.63, 3.8) is 0 Å². The van der Waals surface area contributed by atoms with Gasteiger partial charge in [-0.3, -0.25) is 9.52 Å². The van der Waals surface area contributed by atoms with Crippen LogP contribution in [0.3, 0.4) is 0 Å². The van der Waals surface area contributed by atoms with Crippen molar-refractivity contribution in [2.45, 2.75) is 45.4 Å².